The number of aliphatic imine (C=N–C) groups is 1. The maximum Gasteiger partial charge on any atom is 0.193 e. The van der Waals surface area contributed by atoms with Gasteiger partial charge in [-0.3, -0.25) is 0 Å². The van der Waals surface area contributed by atoms with Crippen molar-refractivity contribution in [1.82, 2.24) is 0 Å². The summed E-state index contributed by atoms with van der Waals surface area (Å²) in [6.45, 7) is 5.14. The standard InChI is InChI=1S/C19H27N3O/c1-12-5-6-14(11-13(12)2)21-18(20)22-16-15-7-10-23-17(15)19(16)8-3-4-9-19/h5-6,11,15-17H,3-4,7-10H2,1-2H3,(H3,20,21,22). The van der Waals surface area contributed by atoms with Gasteiger partial charge >= 0.3 is 0 Å². The fraction of sp³-hybridized carbons (Fsp3) is 0.632. The molecular formula is C19H27N3O. The lowest BCUT2D eigenvalue weighted by Gasteiger charge is -2.54. The van der Waals surface area contributed by atoms with Crippen LogP contribution in [-0.4, -0.2) is 24.7 Å². The molecule has 3 atom stereocenters. The second-order valence-electron chi connectivity index (χ2n) is 7.57. The molecule has 4 rings (SSSR count). The predicted molar refractivity (Wildman–Crippen MR) is 93.7 cm³/mol. The Morgan fingerprint density at radius 1 is 1.26 bits per heavy atom. The zero-order valence-electron chi connectivity index (χ0n) is 14.1. The van der Waals surface area contributed by atoms with Crippen molar-refractivity contribution in [3.05, 3.63) is 29.3 Å². The Morgan fingerprint density at radius 2 is 2.04 bits per heavy atom. The zero-order valence-corrected chi connectivity index (χ0v) is 14.1. The topological polar surface area (TPSA) is 59.6 Å². The van der Waals surface area contributed by atoms with Crippen molar-refractivity contribution < 1.29 is 4.74 Å². The Balaban J connectivity index is 1.53. The van der Waals surface area contributed by atoms with Crippen molar-refractivity contribution in [1.29, 1.82) is 0 Å². The van der Waals surface area contributed by atoms with Gasteiger partial charge in [-0.05, 0) is 56.4 Å². The molecule has 4 heteroatoms. The molecule has 3 unspecified atom stereocenters. The fourth-order valence-corrected chi connectivity index (χ4v) is 4.98. The van der Waals surface area contributed by atoms with Crippen LogP contribution in [0.15, 0.2) is 23.2 Å². The third kappa shape index (κ3) is 2.35. The van der Waals surface area contributed by atoms with E-state index in [1.54, 1.807) is 0 Å². The van der Waals surface area contributed by atoms with Crippen LogP contribution in [0, 0.1) is 25.2 Å². The minimum Gasteiger partial charge on any atom is -0.377 e. The van der Waals surface area contributed by atoms with E-state index in [0.29, 0.717) is 24.0 Å². The van der Waals surface area contributed by atoms with Crippen LogP contribution in [0.5, 0.6) is 0 Å². The summed E-state index contributed by atoms with van der Waals surface area (Å²) in [5.41, 5.74) is 10.1. The molecule has 1 spiro atoms. The Kier molecular flexibility index (Phi) is 3.60. The lowest BCUT2D eigenvalue weighted by atomic mass is 9.54. The lowest BCUT2D eigenvalue weighted by Crippen LogP contribution is -2.61. The number of rotatable bonds is 2. The highest BCUT2D eigenvalue weighted by Crippen LogP contribution is 2.62. The van der Waals surface area contributed by atoms with E-state index in [1.807, 2.05) is 0 Å². The molecule has 4 nitrogen and oxygen atoms in total. The molecule has 124 valence electrons. The third-order valence-corrected chi connectivity index (χ3v) is 6.29. The molecule has 1 saturated heterocycles. The smallest absolute Gasteiger partial charge is 0.193 e. The second kappa shape index (κ2) is 5.52. The van der Waals surface area contributed by atoms with Crippen LogP contribution in [0.4, 0.5) is 5.69 Å². The van der Waals surface area contributed by atoms with E-state index in [9.17, 15) is 0 Å². The van der Waals surface area contributed by atoms with Gasteiger partial charge in [0.1, 0.15) is 0 Å². The van der Waals surface area contributed by atoms with Crippen molar-refractivity contribution in [2.24, 2.45) is 22.1 Å². The predicted octanol–water partition coefficient (Wildman–Crippen LogP) is 3.38. The average Bonchev–Trinajstić information content (AvgIpc) is 3.16. The first kappa shape index (κ1) is 15.0. The quantitative estimate of drug-likeness (QED) is 0.650. The third-order valence-electron chi connectivity index (χ3n) is 6.29. The number of anilines is 1. The number of aryl methyl sites for hydroxylation is 2. The molecule has 3 fully saturated rings. The number of benzene rings is 1. The van der Waals surface area contributed by atoms with Crippen LogP contribution in [0.25, 0.3) is 0 Å². The van der Waals surface area contributed by atoms with Gasteiger partial charge in [0, 0.05) is 23.6 Å². The number of guanidine groups is 1. The number of nitrogens with two attached hydrogens (primary N) is 1. The Labute approximate surface area is 138 Å². The summed E-state index contributed by atoms with van der Waals surface area (Å²) in [5, 5.41) is 3.28. The Morgan fingerprint density at radius 3 is 2.78 bits per heavy atom. The summed E-state index contributed by atoms with van der Waals surface area (Å²) in [5.74, 6) is 1.13. The number of ether oxygens (including phenoxy) is 1. The highest BCUT2D eigenvalue weighted by Gasteiger charge is 2.65. The highest BCUT2D eigenvalue weighted by atomic mass is 16.5. The molecule has 3 N–H and O–H groups in total. The number of fused-ring (bicyclic) bond motifs is 2. The van der Waals surface area contributed by atoms with Crippen LogP contribution in [-0.2, 0) is 4.74 Å². The SMILES string of the molecule is Cc1ccc(NC(N)=NC2C3CCOC3C23CCCC3)cc1C. The normalized spacial score (nSPS) is 31.9. The Bertz CT molecular complexity index is 634. The van der Waals surface area contributed by atoms with Gasteiger partial charge < -0.3 is 15.8 Å². The van der Waals surface area contributed by atoms with E-state index in [4.69, 9.17) is 15.5 Å². The molecule has 1 aromatic carbocycles. The number of nitrogens with one attached hydrogen (secondary N) is 1. The Hall–Kier alpha value is -1.55. The molecular weight excluding hydrogens is 286 g/mol. The molecule has 0 bridgehead atoms. The molecule has 1 heterocycles. The van der Waals surface area contributed by atoms with Crippen molar-refractivity contribution in [3.63, 3.8) is 0 Å². The van der Waals surface area contributed by atoms with E-state index in [2.05, 4.69) is 37.4 Å². The number of hydrogen-bond donors (Lipinski definition) is 2. The molecule has 0 amide bonds. The van der Waals surface area contributed by atoms with Crippen molar-refractivity contribution in [2.75, 3.05) is 11.9 Å². The van der Waals surface area contributed by atoms with Gasteiger partial charge in [-0.2, -0.15) is 0 Å². The van der Waals surface area contributed by atoms with Gasteiger partial charge in [0.05, 0.1) is 12.1 Å². The second-order valence-corrected chi connectivity index (χ2v) is 7.57. The first-order valence-electron chi connectivity index (χ1n) is 8.89. The van der Waals surface area contributed by atoms with Gasteiger partial charge in [-0.1, -0.05) is 18.9 Å². The lowest BCUT2D eigenvalue weighted by molar-refractivity contribution is -0.117. The fourth-order valence-electron chi connectivity index (χ4n) is 4.98. The molecule has 1 aliphatic heterocycles. The molecule has 0 aromatic heterocycles. The maximum absolute atomic E-state index is 6.24. The summed E-state index contributed by atoms with van der Waals surface area (Å²) >= 11 is 0. The summed E-state index contributed by atoms with van der Waals surface area (Å²) in [4.78, 5) is 4.91. The highest BCUT2D eigenvalue weighted by molar-refractivity contribution is 5.92. The van der Waals surface area contributed by atoms with Gasteiger partial charge in [-0.15, -0.1) is 0 Å². The van der Waals surface area contributed by atoms with Crippen LogP contribution in [0.3, 0.4) is 0 Å². The first-order chi connectivity index (χ1) is 11.1. The molecule has 23 heavy (non-hydrogen) atoms. The summed E-state index contributed by atoms with van der Waals surface area (Å²) < 4.78 is 6.02. The first-order valence-corrected chi connectivity index (χ1v) is 8.89. The minimum absolute atomic E-state index is 0.274. The molecule has 3 aliphatic rings. The average molecular weight is 313 g/mol. The van der Waals surface area contributed by atoms with Crippen LogP contribution in [0.2, 0.25) is 0 Å². The van der Waals surface area contributed by atoms with E-state index in [-0.39, 0.29) is 5.41 Å². The largest absolute Gasteiger partial charge is 0.377 e. The van der Waals surface area contributed by atoms with E-state index < -0.39 is 0 Å². The zero-order chi connectivity index (χ0) is 16.0. The van der Waals surface area contributed by atoms with Crippen LogP contribution >= 0.6 is 0 Å². The monoisotopic (exact) mass is 313 g/mol. The van der Waals surface area contributed by atoms with Gasteiger partial charge in [0.25, 0.3) is 0 Å². The van der Waals surface area contributed by atoms with E-state index in [1.165, 1.54) is 36.8 Å². The number of nitrogens with zero attached hydrogens (tertiary/aromatic N) is 1. The molecule has 1 aromatic rings. The maximum atomic E-state index is 6.24. The van der Waals surface area contributed by atoms with Gasteiger partial charge in [0.15, 0.2) is 5.96 Å². The van der Waals surface area contributed by atoms with Gasteiger partial charge in [0.2, 0.25) is 0 Å². The van der Waals surface area contributed by atoms with Gasteiger partial charge in [-0.25, -0.2) is 4.99 Å². The molecule has 0 radical (unpaired) electrons. The van der Waals surface area contributed by atoms with E-state index >= 15 is 0 Å². The van der Waals surface area contributed by atoms with Crippen LogP contribution < -0.4 is 11.1 Å². The molecule has 2 aliphatic carbocycles. The number of hydrogen-bond acceptors (Lipinski definition) is 2. The summed E-state index contributed by atoms with van der Waals surface area (Å²) in [7, 11) is 0. The summed E-state index contributed by atoms with van der Waals surface area (Å²) in [6, 6.07) is 6.66. The van der Waals surface area contributed by atoms with E-state index in [0.717, 1.165) is 18.7 Å². The minimum atomic E-state index is 0.274. The van der Waals surface area contributed by atoms with Crippen molar-refractivity contribution in [2.45, 2.75) is 58.1 Å². The van der Waals surface area contributed by atoms with Crippen molar-refractivity contribution >= 4 is 11.6 Å². The summed E-state index contributed by atoms with van der Waals surface area (Å²) in [6.07, 6.45) is 6.69. The molecule has 2 saturated carbocycles. The van der Waals surface area contributed by atoms with Crippen molar-refractivity contribution in [3.8, 4) is 0 Å². The van der Waals surface area contributed by atoms with Crippen LogP contribution in [0.1, 0.15) is 43.2 Å².